The number of hydrogen-bond donors (Lipinski definition) is 2. The lowest BCUT2D eigenvalue weighted by Gasteiger charge is -2.22. The smallest absolute Gasteiger partial charge is 0.312 e. The van der Waals surface area contributed by atoms with Gasteiger partial charge in [0.25, 0.3) is 0 Å². The van der Waals surface area contributed by atoms with E-state index in [0.717, 1.165) is 5.56 Å². The molecule has 2 aromatic rings. The standard InChI is InChI=1S/C18H25IN4O5S/c1-5-27-13-7-11(6-12-9-22-17(21)23-16(12)20)8-14(15(13)19)28-29(24,25)10-18(2,3)26-4/h7-9H,5-6,10H2,1-4H3,(H4,20,21,22,23). The van der Waals surface area contributed by atoms with Crippen LogP contribution >= 0.6 is 22.6 Å². The van der Waals surface area contributed by atoms with Gasteiger partial charge in [-0.2, -0.15) is 13.4 Å². The van der Waals surface area contributed by atoms with Crippen molar-refractivity contribution in [1.82, 2.24) is 9.97 Å². The Morgan fingerprint density at radius 1 is 1.21 bits per heavy atom. The van der Waals surface area contributed by atoms with Gasteiger partial charge in [0, 0.05) is 25.3 Å². The number of ether oxygens (including phenoxy) is 2. The predicted molar refractivity (Wildman–Crippen MR) is 119 cm³/mol. The van der Waals surface area contributed by atoms with Crippen molar-refractivity contribution in [3.8, 4) is 11.5 Å². The summed E-state index contributed by atoms with van der Waals surface area (Å²) in [6, 6.07) is 3.44. The van der Waals surface area contributed by atoms with E-state index in [-0.39, 0.29) is 23.3 Å². The highest BCUT2D eigenvalue weighted by Crippen LogP contribution is 2.34. The van der Waals surface area contributed by atoms with E-state index in [1.807, 2.05) is 29.5 Å². The molecule has 0 atom stereocenters. The summed E-state index contributed by atoms with van der Waals surface area (Å²) in [5.41, 5.74) is 11.9. The Morgan fingerprint density at radius 2 is 1.86 bits per heavy atom. The van der Waals surface area contributed by atoms with Gasteiger partial charge in [-0.25, -0.2) is 4.98 Å². The molecule has 2 rings (SSSR count). The van der Waals surface area contributed by atoms with Crippen LogP contribution in [-0.4, -0.2) is 43.5 Å². The number of nitrogens with zero attached hydrogens (tertiary/aromatic N) is 2. The molecule has 0 aliphatic carbocycles. The van der Waals surface area contributed by atoms with Gasteiger partial charge in [-0.05, 0) is 61.1 Å². The molecule has 29 heavy (non-hydrogen) atoms. The monoisotopic (exact) mass is 536 g/mol. The highest BCUT2D eigenvalue weighted by atomic mass is 127. The molecule has 4 N–H and O–H groups in total. The van der Waals surface area contributed by atoms with Gasteiger partial charge in [0.1, 0.15) is 17.3 Å². The van der Waals surface area contributed by atoms with E-state index in [2.05, 4.69) is 9.97 Å². The number of methoxy groups -OCH3 is 1. The Morgan fingerprint density at radius 3 is 2.45 bits per heavy atom. The molecule has 0 unspecified atom stereocenters. The van der Waals surface area contributed by atoms with Crippen molar-refractivity contribution in [3.63, 3.8) is 0 Å². The first-order valence-electron chi connectivity index (χ1n) is 8.75. The molecule has 9 nitrogen and oxygen atoms in total. The van der Waals surface area contributed by atoms with Crippen molar-refractivity contribution in [1.29, 1.82) is 0 Å². The molecular formula is C18H25IN4O5S. The molecule has 0 bridgehead atoms. The van der Waals surface area contributed by atoms with Crippen molar-refractivity contribution in [2.24, 2.45) is 0 Å². The normalized spacial score (nSPS) is 12.0. The maximum Gasteiger partial charge on any atom is 0.312 e. The molecule has 0 fully saturated rings. The highest BCUT2D eigenvalue weighted by Gasteiger charge is 2.28. The molecular weight excluding hydrogens is 511 g/mol. The summed E-state index contributed by atoms with van der Waals surface area (Å²) in [6.07, 6.45) is 1.89. The molecule has 1 heterocycles. The summed E-state index contributed by atoms with van der Waals surface area (Å²) < 4.78 is 41.9. The number of halogens is 1. The summed E-state index contributed by atoms with van der Waals surface area (Å²) >= 11 is 2.00. The average molecular weight is 536 g/mol. The molecule has 160 valence electrons. The molecule has 1 aromatic carbocycles. The van der Waals surface area contributed by atoms with Crippen LogP contribution in [0.4, 0.5) is 11.8 Å². The molecule has 0 radical (unpaired) electrons. The third-order valence-electron chi connectivity index (χ3n) is 3.97. The van der Waals surface area contributed by atoms with Crippen LogP contribution in [0.5, 0.6) is 11.5 Å². The van der Waals surface area contributed by atoms with Crippen molar-refractivity contribution in [3.05, 3.63) is 33.0 Å². The first kappa shape index (κ1) is 23.4. The fourth-order valence-corrected chi connectivity index (χ4v) is 4.65. The number of anilines is 2. The second-order valence-corrected chi connectivity index (χ2v) is 9.55. The molecule has 0 amide bonds. The van der Waals surface area contributed by atoms with Crippen LogP contribution in [0.15, 0.2) is 18.3 Å². The van der Waals surface area contributed by atoms with Crippen molar-refractivity contribution >= 4 is 44.5 Å². The molecule has 0 saturated carbocycles. The third-order valence-corrected chi connectivity index (χ3v) is 6.52. The Labute approximate surface area is 184 Å². The molecule has 11 heteroatoms. The minimum Gasteiger partial charge on any atom is -0.493 e. The lowest BCUT2D eigenvalue weighted by Crippen LogP contribution is -2.34. The first-order chi connectivity index (χ1) is 13.5. The van der Waals surface area contributed by atoms with E-state index in [1.54, 1.807) is 26.0 Å². The zero-order valence-corrected chi connectivity index (χ0v) is 19.7. The Bertz CT molecular complexity index is 982. The van der Waals surface area contributed by atoms with E-state index in [1.165, 1.54) is 13.3 Å². The second-order valence-electron chi connectivity index (χ2n) is 6.90. The van der Waals surface area contributed by atoms with Crippen LogP contribution in [0, 0.1) is 3.57 Å². The second kappa shape index (κ2) is 9.30. The Balaban J connectivity index is 2.41. The zero-order valence-electron chi connectivity index (χ0n) is 16.7. The van der Waals surface area contributed by atoms with Crippen LogP contribution in [0.2, 0.25) is 0 Å². The van der Waals surface area contributed by atoms with Gasteiger partial charge < -0.3 is 25.1 Å². The van der Waals surface area contributed by atoms with Gasteiger partial charge in [-0.3, -0.25) is 0 Å². The van der Waals surface area contributed by atoms with Crippen LogP contribution in [0.1, 0.15) is 31.9 Å². The molecule has 0 spiro atoms. The lowest BCUT2D eigenvalue weighted by atomic mass is 10.1. The van der Waals surface area contributed by atoms with Crippen molar-refractivity contribution in [2.45, 2.75) is 32.8 Å². The largest absolute Gasteiger partial charge is 0.493 e. The highest BCUT2D eigenvalue weighted by molar-refractivity contribution is 14.1. The number of nitrogen functional groups attached to an aromatic ring is 2. The molecule has 0 aliphatic rings. The fraction of sp³-hybridized carbons (Fsp3) is 0.444. The van der Waals surface area contributed by atoms with Crippen LogP contribution in [0.25, 0.3) is 0 Å². The van der Waals surface area contributed by atoms with E-state index in [9.17, 15) is 8.42 Å². The number of hydrogen-bond acceptors (Lipinski definition) is 9. The minimum atomic E-state index is -3.91. The number of aromatic nitrogens is 2. The summed E-state index contributed by atoms with van der Waals surface area (Å²) in [5.74, 6) is 0.718. The van der Waals surface area contributed by atoms with Crippen molar-refractivity contribution in [2.75, 3.05) is 30.9 Å². The first-order valence-corrected chi connectivity index (χ1v) is 11.4. The maximum absolute atomic E-state index is 12.6. The van der Waals surface area contributed by atoms with Crippen LogP contribution in [-0.2, 0) is 21.3 Å². The van der Waals surface area contributed by atoms with Gasteiger partial charge in [0.15, 0.2) is 5.75 Å². The van der Waals surface area contributed by atoms with Crippen LogP contribution < -0.4 is 20.4 Å². The van der Waals surface area contributed by atoms with Crippen LogP contribution in [0.3, 0.4) is 0 Å². The van der Waals surface area contributed by atoms with E-state index < -0.39 is 15.7 Å². The summed E-state index contributed by atoms with van der Waals surface area (Å²) in [4.78, 5) is 7.91. The zero-order chi connectivity index (χ0) is 21.8. The quantitative estimate of drug-likeness (QED) is 0.365. The molecule has 1 aromatic heterocycles. The van der Waals surface area contributed by atoms with Gasteiger partial charge >= 0.3 is 10.1 Å². The van der Waals surface area contributed by atoms with E-state index in [4.69, 9.17) is 25.1 Å². The molecule has 0 saturated heterocycles. The van der Waals surface area contributed by atoms with E-state index in [0.29, 0.717) is 27.9 Å². The average Bonchev–Trinajstić information content (AvgIpc) is 2.60. The van der Waals surface area contributed by atoms with E-state index >= 15 is 0 Å². The Hall–Kier alpha value is -1.86. The lowest BCUT2D eigenvalue weighted by molar-refractivity contribution is 0.0415. The molecule has 0 aliphatic heterocycles. The third kappa shape index (κ3) is 6.57. The number of benzene rings is 1. The van der Waals surface area contributed by atoms with Gasteiger partial charge in [-0.1, -0.05) is 0 Å². The summed E-state index contributed by atoms with van der Waals surface area (Å²) in [7, 11) is -2.46. The summed E-state index contributed by atoms with van der Waals surface area (Å²) in [6.45, 7) is 5.60. The SMILES string of the molecule is CCOc1cc(Cc2cnc(N)nc2N)cc(OS(=O)(=O)CC(C)(C)OC)c1I. The topological polar surface area (TPSA) is 140 Å². The number of nitrogens with two attached hydrogens (primary N) is 2. The number of rotatable bonds is 9. The van der Waals surface area contributed by atoms with Crippen molar-refractivity contribution < 1.29 is 22.1 Å². The summed E-state index contributed by atoms with van der Waals surface area (Å²) in [5, 5.41) is 0. The van der Waals surface area contributed by atoms with Gasteiger partial charge in [0.2, 0.25) is 5.95 Å². The Kier molecular flexibility index (Phi) is 7.51. The fourth-order valence-electron chi connectivity index (χ4n) is 2.49. The van der Waals surface area contributed by atoms with Gasteiger partial charge in [0.05, 0.1) is 15.8 Å². The maximum atomic E-state index is 12.6. The minimum absolute atomic E-state index is 0.0831. The van der Waals surface area contributed by atoms with Gasteiger partial charge in [-0.15, -0.1) is 0 Å². The predicted octanol–water partition coefficient (Wildman–Crippen LogP) is 2.37.